The number of rotatable bonds is 4. The summed E-state index contributed by atoms with van der Waals surface area (Å²) in [5.74, 6) is 0.728. The quantitative estimate of drug-likeness (QED) is 0.691. The Hall–Kier alpha value is -1.83. The predicted octanol–water partition coefficient (Wildman–Crippen LogP) is 5.01. The number of amides is 1. The summed E-state index contributed by atoms with van der Waals surface area (Å²) in [4.78, 5) is 29.6. The molecule has 6 nitrogen and oxygen atoms in total. The van der Waals surface area contributed by atoms with Crippen LogP contribution in [0, 0.1) is 0 Å². The number of hydrazone groups is 1. The van der Waals surface area contributed by atoms with Crippen LogP contribution in [0.1, 0.15) is 49.8 Å². The van der Waals surface area contributed by atoms with E-state index in [0.29, 0.717) is 50.2 Å². The number of benzene rings is 1. The first-order valence-electron chi connectivity index (χ1n) is 8.60. The second-order valence-corrected chi connectivity index (χ2v) is 7.58. The molecule has 1 aromatic carbocycles. The Morgan fingerprint density at radius 1 is 1.07 bits per heavy atom. The van der Waals surface area contributed by atoms with Crippen LogP contribution in [0.25, 0.3) is 0 Å². The molecule has 9 heteroatoms. The van der Waals surface area contributed by atoms with Crippen LogP contribution in [0.15, 0.2) is 28.3 Å². The van der Waals surface area contributed by atoms with E-state index in [4.69, 9.17) is 23.2 Å². The second-order valence-electron chi connectivity index (χ2n) is 5.79. The van der Waals surface area contributed by atoms with Crippen molar-refractivity contribution in [3.05, 3.63) is 39.6 Å². The minimum absolute atomic E-state index is 0.0765. The van der Waals surface area contributed by atoms with Gasteiger partial charge in [-0.3, -0.25) is 14.2 Å². The molecule has 3 rings (SSSR count). The number of hydrogen-bond donors (Lipinski definition) is 0. The zero-order valence-corrected chi connectivity index (χ0v) is 17.5. The number of imidazole rings is 1. The van der Waals surface area contributed by atoms with Gasteiger partial charge in [0.15, 0.2) is 5.82 Å². The van der Waals surface area contributed by atoms with Gasteiger partial charge < -0.3 is 0 Å². The van der Waals surface area contributed by atoms with Crippen molar-refractivity contribution in [1.82, 2.24) is 9.55 Å². The molecule has 0 bridgehead atoms. The van der Waals surface area contributed by atoms with Crippen molar-refractivity contribution in [1.29, 1.82) is 0 Å². The van der Waals surface area contributed by atoms with E-state index in [1.807, 2.05) is 6.92 Å². The molecule has 2 heterocycles. The molecule has 0 unspecified atom stereocenters. The van der Waals surface area contributed by atoms with Crippen molar-refractivity contribution in [2.24, 2.45) is 5.10 Å². The van der Waals surface area contributed by atoms with Crippen LogP contribution in [0.3, 0.4) is 0 Å². The number of halogens is 2. The van der Waals surface area contributed by atoms with Gasteiger partial charge in [-0.1, -0.05) is 50.0 Å². The molecule has 0 atom stereocenters. The number of carbonyl (C=O) groups is 2. The minimum atomic E-state index is -0.203. The van der Waals surface area contributed by atoms with E-state index in [9.17, 15) is 9.59 Å². The lowest BCUT2D eigenvalue weighted by molar-refractivity contribution is -0.118. The van der Waals surface area contributed by atoms with E-state index < -0.39 is 0 Å². The topological polar surface area (TPSA) is 67.6 Å². The standard InChI is InChI=1S/C18H18Cl2N4O2S/c1-4-13-21-16-18(23(13)14(25)5-2)27-17(22-24(16)15(26)6-3)10-7-8-11(19)12(20)9-10/h7-9H,4-6H2,1-3H3. The average Bonchev–Trinajstić information content (AvgIpc) is 3.06. The van der Waals surface area contributed by atoms with Crippen LogP contribution in [0.4, 0.5) is 5.82 Å². The molecule has 27 heavy (non-hydrogen) atoms. The molecule has 2 aromatic rings. The van der Waals surface area contributed by atoms with Gasteiger partial charge >= 0.3 is 0 Å². The van der Waals surface area contributed by atoms with E-state index in [1.165, 1.54) is 16.8 Å². The summed E-state index contributed by atoms with van der Waals surface area (Å²) in [6, 6.07) is 5.15. The Kier molecular flexibility index (Phi) is 5.93. The smallest absolute Gasteiger partial charge is 0.248 e. The number of aryl methyl sites for hydroxylation is 1. The fourth-order valence-electron chi connectivity index (χ4n) is 2.64. The first-order valence-corrected chi connectivity index (χ1v) is 10.2. The molecule has 0 N–H and O–H groups in total. The van der Waals surface area contributed by atoms with Crippen molar-refractivity contribution in [3.8, 4) is 0 Å². The van der Waals surface area contributed by atoms with E-state index in [0.717, 1.165) is 0 Å². The van der Waals surface area contributed by atoms with Crippen molar-refractivity contribution in [2.75, 3.05) is 5.01 Å². The van der Waals surface area contributed by atoms with Crippen LogP contribution in [-0.4, -0.2) is 26.4 Å². The number of fused-ring (bicyclic) bond motifs is 1. The summed E-state index contributed by atoms with van der Waals surface area (Å²) in [7, 11) is 0. The lowest BCUT2D eigenvalue weighted by Gasteiger charge is -2.22. The van der Waals surface area contributed by atoms with Gasteiger partial charge in [-0.15, -0.1) is 0 Å². The normalized spacial score (nSPS) is 13.4. The maximum Gasteiger partial charge on any atom is 0.248 e. The fourth-order valence-corrected chi connectivity index (χ4v) is 4.01. The third kappa shape index (κ3) is 3.63. The van der Waals surface area contributed by atoms with Crippen LogP contribution >= 0.6 is 35.0 Å². The number of carbonyl (C=O) groups excluding carboxylic acids is 2. The minimum Gasteiger partial charge on any atom is -0.274 e. The number of hydrogen-bond acceptors (Lipinski definition) is 5. The SMILES string of the molecule is CCC(=O)N1N=C(c2ccc(Cl)c(Cl)c2)Sc2c1nc(CC)n2C(=O)CC. The highest BCUT2D eigenvalue weighted by Gasteiger charge is 2.33. The van der Waals surface area contributed by atoms with Gasteiger partial charge in [-0.05, 0) is 23.9 Å². The van der Waals surface area contributed by atoms with Crippen molar-refractivity contribution in [3.63, 3.8) is 0 Å². The average molecular weight is 425 g/mol. The monoisotopic (exact) mass is 424 g/mol. The van der Waals surface area contributed by atoms with Gasteiger partial charge in [-0.25, -0.2) is 4.98 Å². The largest absolute Gasteiger partial charge is 0.274 e. The van der Waals surface area contributed by atoms with Crippen LogP contribution < -0.4 is 5.01 Å². The maximum absolute atomic E-state index is 12.5. The molecule has 1 amide bonds. The molecule has 0 saturated heterocycles. The third-order valence-electron chi connectivity index (χ3n) is 4.05. The fraction of sp³-hybridized carbons (Fsp3) is 0.333. The molecular weight excluding hydrogens is 407 g/mol. The third-order valence-corrected chi connectivity index (χ3v) is 5.85. The van der Waals surface area contributed by atoms with Crippen LogP contribution in [0.5, 0.6) is 0 Å². The summed E-state index contributed by atoms with van der Waals surface area (Å²) in [6.45, 7) is 5.47. The lowest BCUT2D eigenvalue weighted by atomic mass is 10.2. The van der Waals surface area contributed by atoms with E-state index in [1.54, 1.807) is 36.6 Å². The Bertz CT molecular complexity index is 955. The number of thioether (sulfide) groups is 1. The number of aromatic nitrogens is 2. The number of nitrogens with zero attached hydrogens (tertiary/aromatic N) is 4. The maximum atomic E-state index is 12.5. The molecular formula is C18H18Cl2N4O2S. The molecule has 0 aliphatic carbocycles. The first-order chi connectivity index (χ1) is 12.9. The van der Waals surface area contributed by atoms with Gasteiger partial charge in [-0.2, -0.15) is 10.1 Å². The zero-order valence-electron chi connectivity index (χ0n) is 15.1. The van der Waals surface area contributed by atoms with Gasteiger partial charge in [0.2, 0.25) is 11.8 Å². The van der Waals surface area contributed by atoms with Crippen molar-refractivity contribution in [2.45, 2.75) is 45.1 Å². The van der Waals surface area contributed by atoms with E-state index in [2.05, 4.69) is 10.1 Å². The summed E-state index contributed by atoms with van der Waals surface area (Å²) < 4.78 is 1.59. The Balaban J connectivity index is 2.17. The highest BCUT2D eigenvalue weighted by atomic mass is 35.5. The zero-order chi connectivity index (χ0) is 19.7. The summed E-state index contributed by atoms with van der Waals surface area (Å²) in [5.41, 5.74) is 0.712. The lowest BCUT2D eigenvalue weighted by Crippen LogP contribution is -2.29. The second kappa shape index (κ2) is 8.04. The van der Waals surface area contributed by atoms with Gasteiger partial charge in [0, 0.05) is 24.8 Å². The Morgan fingerprint density at radius 3 is 2.37 bits per heavy atom. The summed E-state index contributed by atoms with van der Waals surface area (Å²) in [6.07, 6.45) is 1.16. The molecule has 1 aromatic heterocycles. The van der Waals surface area contributed by atoms with Gasteiger partial charge in [0.05, 0.1) is 10.0 Å². The van der Waals surface area contributed by atoms with Gasteiger partial charge in [0.25, 0.3) is 0 Å². The number of anilines is 1. The van der Waals surface area contributed by atoms with Crippen LogP contribution in [-0.2, 0) is 11.2 Å². The highest BCUT2D eigenvalue weighted by molar-refractivity contribution is 8.14. The Labute approximate surface area is 171 Å². The van der Waals surface area contributed by atoms with Crippen molar-refractivity contribution >= 4 is 57.6 Å². The molecule has 142 valence electrons. The van der Waals surface area contributed by atoms with Gasteiger partial charge in [0.1, 0.15) is 15.9 Å². The predicted molar refractivity (Wildman–Crippen MR) is 109 cm³/mol. The highest BCUT2D eigenvalue weighted by Crippen LogP contribution is 2.39. The van der Waals surface area contributed by atoms with Crippen molar-refractivity contribution < 1.29 is 9.59 Å². The molecule has 1 aliphatic rings. The van der Waals surface area contributed by atoms with Crippen LogP contribution in [0.2, 0.25) is 10.0 Å². The van der Waals surface area contributed by atoms with E-state index >= 15 is 0 Å². The molecule has 0 radical (unpaired) electrons. The molecule has 0 spiro atoms. The first kappa shape index (κ1) is 19.9. The molecule has 1 aliphatic heterocycles. The summed E-state index contributed by atoms with van der Waals surface area (Å²) >= 11 is 13.4. The Morgan fingerprint density at radius 2 is 1.78 bits per heavy atom. The summed E-state index contributed by atoms with van der Waals surface area (Å²) in [5, 5.41) is 7.74. The molecule has 0 fully saturated rings. The van der Waals surface area contributed by atoms with E-state index in [-0.39, 0.29) is 18.2 Å². The molecule has 0 saturated carbocycles.